The van der Waals surface area contributed by atoms with Crippen molar-refractivity contribution < 1.29 is 18.7 Å². The SMILES string of the molecule is C=CC(=O)N1CCN(C2=NC(OC[C@H]3CCCN3C)(C(C)CCC)NC3C[C@@]4(CCC23)C(=O)N(C)c2ccc(F)cc24)C[C@H]1CC#N. The number of ether oxygens (including phenoxy) is 1. The number of carbonyl (C=O) groups excluding carboxylic acids is 2. The molecule has 10 nitrogen and oxygen atoms in total. The first-order valence-electron chi connectivity index (χ1n) is 17.4. The van der Waals surface area contributed by atoms with Crippen molar-refractivity contribution in [2.24, 2.45) is 16.8 Å². The maximum absolute atomic E-state index is 14.7. The zero-order valence-electron chi connectivity index (χ0n) is 28.4. The van der Waals surface area contributed by atoms with E-state index in [0.29, 0.717) is 51.5 Å². The van der Waals surface area contributed by atoms with Crippen molar-refractivity contribution in [1.29, 1.82) is 5.26 Å². The van der Waals surface area contributed by atoms with Crippen LogP contribution >= 0.6 is 0 Å². The Hall–Kier alpha value is -3.33. The number of halogens is 1. The standard InChI is InChI=1S/C36H50FN7O3/c1-6-9-24(3)36(47-23-27-10-8-17-41(27)4)39-30-21-35(29-20-25(37)11-12-31(29)42(5)34(35)46)15-13-28(30)33(40-36)43-18-19-44(32(45)7-2)26(22-43)14-16-38/h7,11-12,20,24,26-28,30,39H,2,6,8-10,13-15,17-19,21-23H2,1,3-5H3/t24?,26-,27-,28?,30?,35-,36?/m1/s1. The number of likely N-dealkylation sites (N-methyl/N-ethyl adjacent to an activating group) is 2. The Morgan fingerprint density at radius 3 is 2.79 bits per heavy atom. The third kappa shape index (κ3) is 5.87. The summed E-state index contributed by atoms with van der Waals surface area (Å²) in [6, 6.07) is 6.82. The first-order valence-corrected chi connectivity index (χ1v) is 17.4. The Morgan fingerprint density at radius 1 is 1.28 bits per heavy atom. The average Bonchev–Trinajstić information content (AvgIpc) is 3.57. The molecule has 0 aromatic heterocycles. The minimum atomic E-state index is -1.02. The Morgan fingerprint density at radius 2 is 2.09 bits per heavy atom. The van der Waals surface area contributed by atoms with E-state index in [4.69, 9.17) is 9.73 Å². The molecule has 2 amide bonds. The molecule has 1 aromatic carbocycles. The van der Waals surface area contributed by atoms with Gasteiger partial charge in [0.15, 0.2) is 0 Å². The average molecular weight is 648 g/mol. The van der Waals surface area contributed by atoms with Gasteiger partial charge < -0.3 is 24.3 Å². The fraction of sp³-hybridized carbons (Fsp3) is 0.667. The van der Waals surface area contributed by atoms with E-state index < -0.39 is 11.3 Å². The second-order valence-electron chi connectivity index (χ2n) is 14.3. The number of rotatable bonds is 8. The van der Waals surface area contributed by atoms with Crippen molar-refractivity contribution >= 4 is 23.3 Å². The smallest absolute Gasteiger partial charge is 0.246 e. The van der Waals surface area contributed by atoms with Crippen LogP contribution in [-0.2, 0) is 19.7 Å². The summed E-state index contributed by atoms with van der Waals surface area (Å²) in [4.78, 5) is 40.5. The van der Waals surface area contributed by atoms with Crippen LogP contribution in [0.4, 0.5) is 10.1 Å². The van der Waals surface area contributed by atoms with Gasteiger partial charge in [0.2, 0.25) is 17.7 Å². The topological polar surface area (TPSA) is 105 Å². The van der Waals surface area contributed by atoms with Crippen LogP contribution in [0.1, 0.15) is 70.8 Å². The Kier molecular flexibility index (Phi) is 9.49. The van der Waals surface area contributed by atoms with Crippen molar-refractivity contribution in [2.75, 3.05) is 51.8 Å². The fourth-order valence-corrected chi connectivity index (χ4v) is 8.97. The monoisotopic (exact) mass is 647 g/mol. The number of nitrogens with one attached hydrogen (secondary N) is 1. The highest BCUT2D eigenvalue weighted by atomic mass is 19.1. The number of hydrogen-bond acceptors (Lipinski definition) is 8. The molecule has 254 valence electrons. The first-order chi connectivity index (χ1) is 22.6. The number of fused-ring (bicyclic) bond motifs is 3. The number of anilines is 1. The quantitative estimate of drug-likeness (QED) is 0.425. The molecule has 7 atom stereocenters. The molecule has 2 saturated heterocycles. The molecule has 4 heterocycles. The highest BCUT2D eigenvalue weighted by Gasteiger charge is 2.58. The minimum Gasteiger partial charge on any atom is -0.356 e. The van der Waals surface area contributed by atoms with Gasteiger partial charge in [0, 0.05) is 56.3 Å². The Balaban J connectivity index is 1.41. The lowest BCUT2D eigenvalue weighted by Gasteiger charge is -2.53. The molecular weight excluding hydrogens is 597 g/mol. The van der Waals surface area contributed by atoms with Crippen LogP contribution < -0.4 is 10.2 Å². The molecule has 0 bridgehead atoms. The third-order valence-electron chi connectivity index (χ3n) is 11.6. The highest BCUT2D eigenvalue weighted by molar-refractivity contribution is 6.08. The Labute approximate surface area is 278 Å². The van der Waals surface area contributed by atoms with E-state index in [2.05, 4.69) is 48.7 Å². The van der Waals surface area contributed by atoms with Crippen LogP contribution in [0.3, 0.4) is 0 Å². The molecule has 1 N–H and O–H groups in total. The van der Waals surface area contributed by atoms with Gasteiger partial charge >= 0.3 is 0 Å². The van der Waals surface area contributed by atoms with Crippen molar-refractivity contribution in [3.8, 4) is 6.07 Å². The predicted molar refractivity (Wildman–Crippen MR) is 179 cm³/mol. The van der Waals surface area contributed by atoms with Gasteiger partial charge in [-0.15, -0.1) is 0 Å². The van der Waals surface area contributed by atoms with Crippen LogP contribution in [-0.4, -0.2) is 103 Å². The number of likely N-dealkylation sites (tertiary alicyclic amines) is 1. The van der Waals surface area contributed by atoms with E-state index in [1.54, 1.807) is 29.0 Å². The normalized spacial score (nSPS) is 33.0. The van der Waals surface area contributed by atoms with Gasteiger partial charge in [0.05, 0.1) is 30.6 Å². The lowest BCUT2D eigenvalue weighted by Crippen LogP contribution is -2.68. The zero-order valence-corrected chi connectivity index (χ0v) is 28.4. The molecule has 5 aliphatic rings. The lowest BCUT2D eigenvalue weighted by atomic mass is 9.64. The molecular formula is C36H50FN7O3. The molecule has 4 aliphatic heterocycles. The zero-order chi connectivity index (χ0) is 33.5. The fourth-order valence-electron chi connectivity index (χ4n) is 8.97. The summed E-state index contributed by atoms with van der Waals surface area (Å²) in [5.74, 6) is -0.575. The number of amides is 2. The van der Waals surface area contributed by atoms with Crippen molar-refractivity contribution in [3.63, 3.8) is 0 Å². The van der Waals surface area contributed by atoms with E-state index >= 15 is 0 Å². The van der Waals surface area contributed by atoms with Gasteiger partial charge in [-0.05, 0) is 82.0 Å². The molecule has 0 radical (unpaired) electrons. The minimum absolute atomic E-state index is 0.00811. The molecule has 4 unspecified atom stereocenters. The van der Waals surface area contributed by atoms with Gasteiger partial charge in [-0.2, -0.15) is 5.26 Å². The summed E-state index contributed by atoms with van der Waals surface area (Å²) in [7, 11) is 3.93. The molecule has 1 aliphatic carbocycles. The predicted octanol–water partition coefficient (Wildman–Crippen LogP) is 4.02. The molecule has 3 fully saturated rings. The number of hydrogen-bond donors (Lipinski definition) is 1. The maximum atomic E-state index is 14.7. The molecule has 11 heteroatoms. The number of nitrogens with zero attached hydrogens (tertiary/aromatic N) is 6. The van der Waals surface area contributed by atoms with E-state index in [0.717, 1.165) is 49.3 Å². The molecule has 1 aromatic rings. The molecule has 6 rings (SSSR count). The van der Waals surface area contributed by atoms with E-state index in [-0.39, 0.29) is 48.0 Å². The van der Waals surface area contributed by atoms with Crippen LogP contribution in [0.15, 0.2) is 35.8 Å². The lowest BCUT2D eigenvalue weighted by molar-refractivity contribution is -0.138. The summed E-state index contributed by atoms with van der Waals surface area (Å²) in [5, 5.41) is 13.6. The largest absolute Gasteiger partial charge is 0.356 e. The Bertz CT molecular complexity index is 1460. The number of benzene rings is 1. The second kappa shape index (κ2) is 13.3. The summed E-state index contributed by atoms with van der Waals surface area (Å²) in [5.41, 5.74) is 0.695. The molecule has 47 heavy (non-hydrogen) atoms. The van der Waals surface area contributed by atoms with Gasteiger partial charge in [-0.3, -0.25) is 14.9 Å². The second-order valence-corrected chi connectivity index (χ2v) is 14.3. The third-order valence-corrected chi connectivity index (χ3v) is 11.6. The molecule has 1 spiro atoms. The van der Waals surface area contributed by atoms with Gasteiger partial charge in [0.25, 0.3) is 0 Å². The van der Waals surface area contributed by atoms with Crippen LogP contribution in [0.2, 0.25) is 0 Å². The van der Waals surface area contributed by atoms with Crippen molar-refractivity contribution in [2.45, 2.75) is 94.6 Å². The van der Waals surface area contributed by atoms with Crippen LogP contribution in [0.25, 0.3) is 0 Å². The van der Waals surface area contributed by atoms with E-state index in [1.165, 1.54) is 12.1 Å². The van der Waals surface area contributed by atoms with Crippen molar-refractivity contribution in [3.05, 3.63) is 42.2 Å². The number of aliphatic imine (C=N–C) groups is 1. The summed E-state index contributed by atoms with van der Waals surface area (Å²) in [6.45, 7) is 11.1. The van der Waals surface area contributed by atoms with E-state index in [1.807, 2.05) is 0 Å². The van der Waals surface area contributed by atoms with E-state index in [9.17, 15) is 19.2 Å². The highest BCUT2D eigenvalue weighted by Crippen LogP contribution is 2.53. The van der Waals surface area contributed by atoms with Crippen molar-refractivity contribution in [1.82, 2.24) is 20.0 Å². The maximum Gasteiger partial charge on any atom is 0.246 e. The number of carbonyl (C=O) groups is 2. The van der Waals surface area contributed by atoms with Gasteiger partial charge in [-0.25, -0.2) is 9.38 Å². The summed E-state index contributed by atoms with van der Waals surface area (Å²) in [6.07, 6.45) is 7.35. The van der Waals surface area contributed by atoms with Crippen LogP contribution in [0, 0.1) is 29.0 Å². The number of amidine groups is 1. The van der Waals surface area contributed by atoms with Gasteiger partial charge in [0.1, 0.15) is 11.7 Å². The van der Waals surface area contributed by atoms with Crippen LogP contribution in [0.5, 0.6) is 0 Å². The van der Waals surface area contributed by atoms with Gasteiger partial charge in [-0.1, -0.05) is 26.8 Å². The summed E-state index contributed by atoms with van der Waals surface area (Å²) < 4.78 is 21.7. The first kappa shape index (κ1) is 33.6. The summed E-state index contributed by atoms with van der Waals surface area (Å²) >= 11 is 0. The molecule has 1 saturated carbocycles. The number of piperazine rings is 1. The number of nitriles is 1.